The molecule has 1 fully saturated rings. The Morgan fingerprint density at radius 3 is 2.71 bits per heavy atom. The summed E-state index contributed by atoms with van der Waals surface area (Å²) in [5, 5.41) is 12.0. The monoisotopic (exact) mass is 233 g/mol. The number of nitriles is 1. The molecule has 0 bridgehead atoms. The average molecular weight is 233 g/mol. The van der Waals surface area contributed by atoms with E-state index in [-0.39, 0.29) is 5.56 Å². The van der Waals surface area contributed by atoms with Gasteiger partial charge in [-0.15, -0.1) is 0 Å². The summed E-state index contributed by atoms with van der Waals surface area (Å²) in [4.78, 5) is 2.29. The molecule has 1 aliphatic rings. The van der Waals surface area contributed by atoms with E-state index in [0.29, 0.717) is 6.04 Å². The number of likely N-dealkylation sites (tertiary alicyclic amines) is 1. The summed E-state index contributed by atoms with van der Waals surface area (Å²) in [5.74, 6) is -0.453. The standard InChI is InChI=1S/C13H16FN3/c1-17-6-4-11(5-7-17)16-12-3-2-10(9-15)13(14)8-12/h2-3,8,11,16H,4-7H2,1H3. The molecule has 1 N–H and O–H groups in total. The van der Waals surface area contributed by atoms with Gasteiger partial charge in [0.25, 0.3) is 0 Å². The third-order valence-electron chi connectivity index (χ3n) is 3.18. The molecule has 17 heavy (non-hydrogen) atoms. The molecule has 2 rings (SSSR count). The van der Waals surface area contributed by atoms with Crippen LogP contribution in [0.5, 0.6) is 0 Å². The van der Waals surface area contributed by atoms with Crippen LogP contribution in [0.1, 0.15) is 18.4 Å². The van der Waals surface area contributed by atoms with E-state index in [2.05, 4.69) is 17.3 Å². The molecule has 3 nitrogen and oxygen atoms in total. The maximum Gasteiger partial charge on any atom is 0.143 e. The van der Waals surface area contributed by atoms with Gasteiger partial charge in [-0.2, -0.15) is 5.26 Å². The topological polar surface area (TPSA) is 39.1 Å². The first kappa shape index (κ1) is 11.9. The minimum atomic E-state index is -0.453. The van der Waals surface area contributed by atoms with Crippen LogP contribution in [0.3, 0.4) is 0 Å². The minimum absolute atomic E-state index is 0.0962. The van der Waals surface area contributed by atoms with Gasteiger partial charge < -0.3 is 10.2 Å². The third-order valence-corrected chi connectivity index (χ3v) is 3.18. The first-order chi connectivity index (χ1) is 8.19. The number of nitrogens with zero attached hydrogens (tertiary/aromatic N) is 2. The molecule has 1 heterocycles. The summed E-state index contributed by atoms with van der Waals surface area (Å²) in [6, 6.07) is 6.91. The van der Waals surface area contributed by atoms with Gasteiger partial charge in [-0.3, -0.25) is 0 Å². The Balaban J connectivity index is 2.00. The van der Waals surface area contributed by atoms with Crippen LogP contribution < -0.4 is 5.32 Å². The van der Waals surface area contributed by atoms with E-state index in [1.165, 1.54) is 12.1 Å². The van der Waals surface area contributed by atoms with Gasteiger partial charge in [0.05, 0.1) is 5.56 Å². The van der Waals surface area contributed by atoms with E-state index in [4.69, 9.17) is 5.26 Å². The van der Waals surface area contributed by atoms with Crippen LogP contribution in [0, 0.1) is 17.1 Å². The molecule has 0 radical (unpaired) electrons. The van der Waals surface area contributed by atoms with Crippen LogP contribution >= 0.6 is 0 Å². The Hall–Kier alpha value is -1.60. The number of hydrogen-bond acceptors (Lipinski definition) is 3. The molecule has 1 aromatic rings. The highest BCUT2D eigenvalue weighted by atomic mass is 19.1. The Morgan fingerprint density at radius 1 is 1.41 bits per heavy atom. The van der Waals surface area contributed by atoms with Crippen LogP contribution in [0.2, 0.25) is 0 Å². The second-order valence-electron chi connectivity index (χ2n) is 4.53. The molecule has 1 saturated heterocycles. The zero-order valence-electron chi connectivity index (χ0n) is 9.91. The summed E-state index contributed by atoms with van der Waals surface area (Å²) in [6.45, 7) is 2.13. The maximum absolute atomic E-state index is 13.4. The van der Waals surface area contributed by atoms with Crippen LogP contribution in [-0.4, -0.2) is 31.1 Å². The normalized spacial score (nSPS) is 17.7. The summed E-state index contributed by atoms with van der Waals surface area (Å²) in [5.41, 5.74) is 0.856. The fraction of sp³-hybridized carbons (Fsp3) is 0.462. The predicted molar refractivity (Wildman–Crippen MR) is 65.3 cm³/mol. The number of benzene rings is 1. The number of anilines is 1. The van der Waals surface area contributed by atoms with Crippen molar-refractivity contribution in [1.29, 1.82) is 5.26 Å². The van der Waals surface area contributed by atoms with E-state index >= 15 is 0 Å². The Labute approximate surface area is 101 Å². The second kappa shape index (κ2) is 5.15. The van der Waals surface area contributed by atoms with Crippen molar-refractivity contribution in [3.05, 3.63) is 29.6 Å². The molecular formula is C13H16FN3. The summed E-state index contributed by atoms with van der Waals surface area (Å²) in [6.07, 6.45) is 2.14. The predicted octanol–water partition coefficient (Wildman–Crippen LogP) is 2.20. The lowest BCUT2D eigenvalue weighted by Crippen LogP contribution is -2.36. The number of hydrogen-bond donors (Lipinski definition) is 1. The zero-order chi connectivity index (χ0) is 12.3. The Kier molecular flexibility index (Phi) is 3.60. The zero-order valence-corrected chi connectivity index (χ0v) is 9.91. The quantitative estimate of drug-likeness (QED) is 0.851. The van der Waals surface area contributed by atoms with Gasteiger partial charge in [-0.25, -0.2) is 4.39 Å². The van der Waals surface area contributed by atoms with Crippen molar-refractivity contribution in [1.82, 2.24) is 4.90 Å². The first-order valence-electron chi connectivity index (χ1n) is 5.84. The fourth-order valence-electron chi connectivity index (χ4n) is 2.08. The molecule has 1 aromatic carbocycles. The van der Waals surface area contributed by atoms with Crippen molar-refractivity contribution in [3.63, 3.8) is 0 Å². The fourth-order valence-corrected chi connectivity index (χ4v) is 2.08. The Morgan fingerprint density at radius 2 is 2.12 bits per heavy atom. The first-order valence-corrected chi connectivity index (χ1v) is 5.84. The number of halogens is 1. The van der Waals surface area contributed by atoms with E-state index < -0.39 is 5.82 Å². The highest BCUT2D eigenvalue weighted by Crippen LogP contribution is 2.18. The van der Waals surface area contributed by atoms with Crippen LogP contribution in [0.15, 0.2) is 18.2 Å². The lowest BCUT2D eigenvalue weighted by molar-refractivity contribution is 0.264. The second-order valence-corrected chi connectivity index (χ2v) is 4.53. The summed E-state index contributed by atoms with van der Waals surface area (Å²) < 4.78 is 13.4. The molecule has 90 valence electrons. The van der Waals surface area contributed by atoms with Gasteiger partial charge in [-0.05, 0) is 51.2 Å². The molecular weight excluding hydrogens is 217 g/mol. The van der Waals surface area contributed by atoms with E-state index in [0.717, 1.165) is 31.6 Å². The van der Waals surface area contributed by atoms with Crippen LogP contribution in [0.25, 0.3) is 0 Å². The molecule has 0 amide bonds. The molecule has 0 aliphatic carbocycles. The number of piperidine rings is 1. The molecule has 4 heteroatoms. The largest absolute Gasteiger partial charge is 0.382 e. The van der Waals surface area contributed by atoms with Crippen molar-refractivity contribution < 1.29 is 4.39 Å². The summed E-state index contributed by atoms with van der Waals surface area (Å²) in [7, 11) is 2.11. The summed E-state index contributed by atoms with van der Waals surface area (Å²) >= 11 is 0. The molecule has 0 spiro atoms. The minimum Gasteiger partial charge on any atom is -0.382 e. The third kappa shape index (κ3) is 2.95. The molecule has 0 unspecified atom stereocenters. The lowest BCUT2D eigenvalue weighted by atomic mass is 10.0. The smallest absolute Gasteiger partial charge is 0.143 e. The molecule has 0 aromatic heterocycles. The SMILES string of the molecule is CN1CCC(Nc2ccc(C#N)c(F)c2)CC1. The van der Waals surface area contributed by atoms with Gasteiger partial charge >= 0.3 is 0 Å². The van der Waals surface area contributed by atoms with Crippen LogP contribution in [-0.2, 0) is 0 Å². The lowest BCUT2D eigenvalue weighted by Gasteiger charge is -2.30. The molecule has 0 saturated carbocycles. The van der Waals surface area contributed by atoms with E-state index in [1.54, 1.807) is 6.07 Å². The van der Waals surface area contributed by atoms with Crippen molar-refractivity contribution in [2.75, 3.05) is 25.5 Å². The van der Waals surface area contributed by atoms with Gasteiger partial charge in [0, 0.05) is 11.7 Å². The van der Waals surface area contributed by atoms with Gasteiger partial charge in [-0.1, -0.05) is 0 Å². The van der Waals surface area contributed by atoms with Crippen molar-refractivity contribution >= 4 is 5.69 Å². The number of nitrogens with one attached hydrogen (secondary N) is 1. The number of rotatable bonds is 2. The molecule has 0 atom stereocenters. The van der Waals surface area contributed by atoms with Crippen molar-refractivity contribution in [3.8, 4) is 6.07 Å². The van der Waals surface area contributed by atoms with Gasteiger partial charge in [0.15, 0.2) is 0 Å². The Bertz CT molecular complexity index is 431. The highest BCUT2D eigenvalue weighted by molar-refractivity contribution is 5.48. The molecule has 1 aliphatic heterocycles. The van der Waals surface area contributed by atoms with Gasteiger partial charge in [0.1, 0.15) is 11.9 Å². The van der Waals surface area contributed by atoms with Crippen LogP contribution in [0.4, 0.5) is 10.1 Å². The van der Waals surface area contributed by atoms with Crippen molar-refractivity contribution in [2.45, 2.75) is 18.9 Å². The average Bonchev–Trinajstić information content (AvgIpc) is 2.32. The highest BCUT2D eigenvalue weighted by Gasteiger charge is 2.16. The van der Waals surface area contributed by atoms with E-state index in [1.807, 2.05) is 6.07 Å². The van der Waals surface area contributed by atoms with Gasteiger partial charge in [0.2, 0.25) is 0 Å². The van der Waals surface area contributed by atoms with E-state index in [9.17, 15) is 4.39 Å². The maximum atomic E-state index is 13.4. The van der Waals surface area contributed by atoms with Crippen molar-refractivity contribution in [2.24, 2.45) is 0 Å².